The van der Waals surface area contributed by atoms with E-state index in [1.54, 1.807) is 37.3 Å². The van der Waals surface area contributed by atoms with Gasteiger partial charge in [-0.2, -0.15) is 0 Å². The number of nitrogens with zero attached hydrogens (tertiary/aromatic N) is 2. The van der Waals surface area contributed by atoms with Gasteiger partial charge in [-0.15, -0.1) is 0 Å². The van der Waals surface area contributed by atoms with Crippen LogP contribution in [0.1, 0.15) is 56.2 Å². The third kappa shape index (κ3) is 4.21. The van der Waals surface area contributed by atoms with Crippen molar-refractivity contribution in [3.05, 3.63) is 82.6 Å². The zero-order chi connectivity index (χ0) is 24.6. The Morgan fingerprint density at radius 1 is 1.09 bits per heavy atom. The highest BCUT2D eigenvalue weighted by molar-refractivity contribution is 6.51. The third-order valence-electron chi connectivity index (χ3n) is 5.84. The van der Waals surface area contributed by atoms with Gasteiger partial charge in [-0.3, -0.25) is 14.5 Å². The van der Waals surface area contributed by atoms with Crippen molar-refractivity contribution in [1.29, 1.82) is 0 Å². The number of carbonyl (C=O) groups is 2. The number of aliphatic hydroxyl groups is 1. The molecule has 1 aliphatic heterocycles. The molecular formula is C27H28N2O5. The van der Waals surface area contributed by atoms with Gasteiger partial charge in [0, 0.05) is 11.6 Å². The van der Waals surface area contributed by atoms with Gasteiger partial charge >= 0.3 is 5.91 Å². The van der Waals surface area contributed by atoms with Crippen LogP contribution >= 0.6 is 0 Å². The molecule has 1 atom stereocenters. The average molecular weight is 461 g/mol. The number of ether oxygens (including phenoxy) is 1. The quantitative estimate of drug-likeness (QED) is 0.315. The van der Waals surface area contributed by atoms with Crippen LogP contribution in [0.5, 0.6) is 5.75 Å². The lowest BCUT2D eigenvalue weighted by molar-refractivity contribution is -0.132. The number of Topliss-reactive ketones (excluding diaryl/α,β-unsaturated/α-hetero) is 1. The fraction of sp³-hybridized carbons (Fsp3) is 0.296. The largest absolute Gasteiger partial charge is 0.507 e. The van der Waals surface area contributed by atoms with Crippen LogP contribution in [0.4, 0.5) is 5.82 Å². The Balaban J connectivity index is 1.87. The highest BCUT2D eigenvalue weighted by atomic mass is 16.5. The summed E-state index contributed by atoms with van der Waals surface area (Å²) in [7, 11) is 0. The van der Waals surface area contributed by atoms with E-state index < -0.39 is 17.7 Å². The molecule has 1 aromatic heterocycles. The number of aromatic nitrogens is 1. The summed E-state index contributed by atoms with van der Waals surface area (Å²) in [5.74, 6) is -0.441. The molecule has 0 saturated carbocycles. The molecule has 1 N–H and O–H groups in total. The van der Waals surface area contributed by atoms with Crippen molar-refractivity contribution in [2.24, 2.45) is 0 Å². The molecule has 176 valence electrons. The van der Waals surface area contributed by atoms with Gasteiger partial charge < -0.3 is 14.4 Å². The molecule has 1 aliphatic rings. The first kappa shape index (κ1) is 23.3. The first-order valence-electron chi connectivity index (χ1n) is 11.2. The van der Waals surface area contributed by atoms with Gasteiger partial charge in [0.15, 0.2) is 5.82 Å². The predicted molar refractivity (Wildman–Crippen MR) is 129 cm³/mol. The molecule has 2 aromatic carbocycles. The Hall–Kier alpha value is -3.87. The lowest BCUT2D eigenvalue weighted by Gasteiger charge is -2.24. The van der Waals surface area contributed by atoms with Gasteiger partial charge in [-0.25, -0.2) is 0 Å². The van der Waals surface area contributed by atoms with Crippen LogP contribution in [0, 0.1) is 6.92 Å². The second-order valence-electron chi connectivity index (χ2n) is 9.29. The maximum absolute atomic E-state index is 13.2. The molecule has 7 heteroatoms. The number of hydrogen-bond acceptors (Lipinski definition) is 6. The predicted octanol–water partition coefficient (Wildman–Crippen LogP) is 5.31. The van der Waals surface area contributed by atoms with E-state index in [1.165, 1.54) is 4.90 Å². The van der Waals surface area contributed by atoms with Crippen molar-refractivity contribution in [3.8, 4) is 5.75 Å². The summed E-state index contributed by atoms with van der Waals surface area (Å²) in [4.78, 5) is 27.6. The number of aryl methyl sites for hydroxylation is 1. The van der Waals surface area contributed by atoms with E-state index in [0.29, 0.717) is 29.2 Å². The fourth-order valence-electron chi connectivity index (χ4n) is 4.05. The number of rotatable bonds is 5. The number of hydrogen-bond donors (Lipinski definition) is 1. The SMILES string of the molecule is CCOc1ccc(C(O)=C2C(=O)C(=O)N(c3cc(C)on3)[C@H]2c2ccc(C(C)(C)C)cc2)cc1. The van der Waals surface area contributed by atoms with Crippen molar-refractivity contribution < 1.29 is 24.0 Å². The number of aliphatic hydroxyl groups excluding tert-OH is 1. The normalized spacial score (nSPS) is 17.9. The van der Waals surface area contributed by atoms with E-state index in [-0.39, 0.29) is 22.6 Å². The number of ketones is 1. The summed E-state index contributed by atoms with van der Waals surface area (Å²) in [5.41, 5.74) is 2.14. The van der Waals surface area contributed by atoms with Crippen LogP contribution in [-0.4, -0.2) is 28.6 Å². The lowest BCUT2D eigenvalue weighted by Crippen LogP contribution is -2.29. The minimum atomic E-state index is -0.856. The van der Waals surface area contributed by atoms with Crippen LogP contribution in [0.25, 0.3) is 5.76 Å². The minimum absolute atomic E-state index is 0.00155. The van der Waals surface area contributed by atoms with E-state index in [9.17, 15) is 14.7 Å². The second-order valence-corrected chi connectivity index (χ2v) is 9.29. The molecule has 0 bridgehead atoms. The molecule has 1 saturated heterocycles. The monoisotopic (exact) mass is 460 g/mol. The Kier molecular flexibility index (Phi) is 6.04. The molecule has 0 spiro atoms. The summed E-state index contributed by atoms with van der Waals surface area (Å²) in [6, 6.07) is 15.2. The van der Waals surface area contributed by atoms with Crippen molar-refractivity contribution in [2.45, 2.75) is 46.1 Å². The third-order valence-corrected chi connectivity index (χ3v) is 5.84. The zero-order valence-electron chi connectivity index (χ0n) is 20.0. The van der Waals surface area contributed by atoms with Gasteiger partial charge in [-0.05, 0) is 54.7 Å². The van der Waals surface area contributed by atoms with Gasteiger partial charge in [-0.1, -0.05) is 50.2 Å². The highest BCUT2D eigenvalue weighted by Gasteiger charge is 2.48. The highest BCUT2D eigenvalue weighted by Crippen LogP contribution is 2.42. The van der Waals surface area contributed by atoms with Crippen molar-refractivity contribution in [1.82, 2.24) is 5.16 Å². The summed E-state index contributed by atoms with van der Waals surface area (Å²) < 4.78 is 10.6. The summed E-state index contributed by atoms with van der Waals surface area (Å²) in [6.45, 7) is 10.4. The molecular weight excluding hydrogens is 432 g/mol. The zero-order valence-corrected chi connectivity index (χ0v) is 20.0. The van der Waals surface area contributed by atoms with E-state index >= 15 is 0 Å². The molecule has 34 heavy (non-hydrogen) atoms. The Morgan fingerprint density at radius 2 is 1.74 bits per heavy atom. The first-order valence-corrected chi connectivity index (χ1v) is 11.2. The van der Waals surface area contributed by atoms with Crippen LogP contribution < -0.4 is 9.64 Å². The molecule has 1 amide bonds. The van der Waals surface area contributed by atoms with Gasteiger partial charge in [0.25, 0.3) is 5.78 Å². The molecule has 0 unspecified atom stereocenters. The molecule has 0 aliphatic carbocycles. The second kappa shape index (κ2) is 8.82. The van der Waals surface area contributed by atoms with Crippen molar-refractivity contribution in [3.63, 3.8) is 0 Å². The van der Waals surface area contributed by atoms with E-state index in [2.05, 4.69) is 25.9 Å². The molecule has 1 fully saturated rings. The van der Waals surface area contributed by atoms with Gasteiger partial charge in [0.2, 0.25) is 0 Å². The van der Waals surface area contributed by atoms with Crippen LogP contribution in [0.15, 0.2) is 64.7 Å². The Bertz CT molecular complexity index is 1250. The van der Waals surface area contributed by atoms with E-state index in [0.717, 1.165) is 5.56 Å². The molecule has 7 nitrogen and oxygen atoms in total. The maximum atomic E-state index is 13.2. The Labute approximate surface area is 198 Å². The average Bonchev–Trinajstić information content (AvgIpc) is 3.34. The molecule has 0 radical (unpaired) electrons. The van der Waals surface area contributed by atoms with Gasteiger partial charge in [0.1, 0.15) is 17.3 Å². The molecule has 4 rings (SSSR count). The lowest BCUT2D eigenvalue weighted by atomic mass is 9.85. The smallest absolute Gasteiger partial charge is 0.301 e. The summed E-state index contributed by atoms with van der Waals surface area (Å²) in [6.07, 6.45) is 0. The summed E-state index contributed by atoms with van der Waals surface area (Å²) in [5, 5.41) is 15.2. The minimum Gasteiger partial charge on any atom is -0.507 e. The number of benzene rings is 2. The molecule has 2 heterocycles. The van der Waals surface area contributed by atoms with Crippen LogP contribution in [0.2, 0.25) is 0 Å². The first-order chi connectivity index (χ1) is 16.1. The van der Waals surface area contributed by atoms with Crippen molar-refractivity contribution in [2.75, 3.05) is 11.5 Å². The fourth-order valence-corrected chi connectivity index (χ4v) is 4.05. The Morgan fingerprint density at radius 3 is 2.26 bits per heavy atom. The summed E-state index contributed by atoms with van der Waals surface area (Å²) >= 11 is 0. The molecule has 3 aromatic rings. The van der Waals surface area contributed by atoms with Gasteiger partial charge in [0.05, 0.1) is 18.2 Å². The topological polar surface area (TPSA) is 92.9 Å². The standard InChI is InChI=1S/C27H28N2O5/c1-6-33-20-13-9-18(10-14-20)24(30)22-23(17-7-11-19(12-8-17)27(3,4)5)29(26(32)25(22)31)21-15-16(2)34-28-21/h7-15,23,30H,6H2,1-5H3/t23-/m0/s1. The number of anilines is 1. The van der Waals surface area contributed by atoms with Crippen LogP contribution in [-0.2, 0) is 15.0 Å². The van der Waals surface area contributed by atoms with E-state index in [4.69, 9.17) is 9.26 Å². The van der Waals surface area contributed by atoms with Crippen LogP contribution in [0.3, 0.4) is 0 Å². The van der Waals surface area contributed by atoms with E-state index in [1.807, 2.05) is 31.2 Å². The number of amides is 1. The van der Waals surface area contributed by atoms with Crippen molar-refractivity contribution >= 4 is 23.3 Å². The number of carbonyl (C=O) groups excluding carboxylic acids is 2. The maximum Gasteiger partial charge on any atom is 0.301 e.